The van der Waals surface area contributed by atoms with Gasteiger partial charge in [-0.2, -0.15) is 0 Å². The number of esters is 1. The number of para-hydroxylation sites is 1. The van der Waals surface area contributed by atoms with Crippen molar-refractivity contribution in [1.29, 1.82) is 0 Å². The molecule has 0 fully saturated rings. The topological polar surface area (TPSA) is 123 Å². The highest BCUT2D eigenvalue weighted by atomic mass is 35.5. The van der Waals surface area contributed by atoms with E-state index in [1.165, 1.54) is 24.3 Å². The van der Waals surface area contributed by atoms with Crippen molar-refractivity contribution in [2.75, 3.05) is 19.1 Å². The van der Waals surface area contributed by atoms with Crippen LogP contribution in [0.25, 0.3) is 0 Å². The summed E-state index contributed by atoms with van der Waals surface area (Å²) in [4.78, 5) is 52.0. The standard InChI is InChI=1S/C38H50ClN3O7/c1-26(25-27(2)31-22-23-32(47-8)36(45)49-31)15-12-13-19-33(43)41-34(38(4,5)6)35(44)40-24-14-18-30(21-20-28(3)39)48-37(46)42(7)29-16-10-9-11-17-29/h9-17,19-20,23-25,27,30-31,34H,18,21-22H2,1-8H3,(H,40,44)(H,41,43)/b15-12-,19-13-,24-14-,26-25+,28-20+/t27-,30+,31-,34+/m0/s1. The Labute approximate surface area is 295 Å². The summed E-state index contributed by atoms with van der Waals surface area (Å²) in [6.07, 6.45) is 15.2. The van der Waals surface area contributed by atoms with Gasteiger partial charge < -0.3 is 24.8 Å². The molecular weight excluding hydrogens is 646 g/mol. The van der Waals surface area contributed by atoms with Crippen LogP contribution in [0, 0.1) is 11.3 Å². The van der Waals surface area contributed by atoms with E-state index < -0.39 is 41.4 Å². The van der Waals surface area contributed by atoms with Crippen LogP contribution in [0.15, 0.2) is 102 Å². The van der Waals surface area contributed by atoms with Gasteiger partial charge in [-0.25, -0.2) is 9.59 Å². The molecule has 4 atom stereocenters. The van der Waals surface area contributed by atoms with Crippen LogP contribution in [0.3, 0.4) is 0 Å². The molecule has 1 aliphatic rings. The zero-order valence-corrected chi connectivity index (χ0v) is 30.5. The summed E-state index contributed by atoms with van der Waals surface area (Å²) in [5.74, 6) is -1.09. The number of methoxy groups -OCH3 is 1. The highest BCUT2D eigenvalue weighted by molar-refractivity contribution is 6.29. The second-order valence-electron chi connectivity index (χ2n) is 12.8. The Bertz CT molecular complexity index is 1470. The fourth-order valence-corrected chi connectivity index (χ4v) is 4.83. The molecule has 0 radical (unpaired) electrons. The van der Waals surface area contributed by atoms with Crippen LogP contribution >= 0.6 is 11.6 Å². The van der Waals surface area contributed by atoms with Crippen molar-refractivity contribution in [3.05, 3.63) is 102 Å². The van der Waals surface area contributed by atoms with Crippen LogP contribution < -0.4 is 15.5 Å². The molecule has 2 N–H and O–H groups in total. The Morgan fingerprint density at radius 3 is 2.39 bits per heavy atom. The third-order valence-corrected chi connectivity index (χ3v) is 7.70. The van der Waals surface area contributed by atoms with Crippen molar-refractivity contribution in [1.82, 2.24) is 10.6 Å². The first-order chi connectivity index (χ1) is 23.1. The highest BCUT2D eigenvalue weighted by Crippen LogP contribution is 2.23. The number of hydrogen-bond donors (Lipinski definition) is 2. The van der Waals surface area contributed by atoms with Crippen LogP contribution in [-0.2, 0) is 28.6 Å². The number of nitrogens with one attached hydrogen (secondary N) is 2. The number of halogens is 1. The number of hydrogen-bond acceptors (Lipinski definition) is 7. The van der Waals surface area contributed by atoms with E-state index in [1.807, 2.05) is 77.1 Å². The summed E-state index contributed by atoms with van der Waals surface area (Å²) < 4.78 is 16.2. The number of nitrogens with zero attached hydrogens (tertiary/aromatic N) is 1. The summed E-state index contributed by atoms with van der Waals surface area (Å²) in [6, 6.07) is 8.31. The molecule has 1 aromatic carbocycles. The van der Waals surface area contributed by atoms with Crippen molar-refractivity contribution in [3.63, 3.8) is 0 Å². The van der Waals surface area contributed by atoms with Crippen molar-refractivity contribution in [3.8, 4) is 0 Å². The molecule has 0 unspecified atom stereocenters. The van der Waals surface area contributed by atoms with E-state index in [1.54, 1.807) is 44.4 Å². The molecule has 1 heterocycles. The van der Waals surface area contributed by atoms with Gasteiger partial charge in [-0.05, 0) is 43.7 Å². The van der Waals surface area contributed by atoms with Crippen LogP contribution in [0.4, 0.5) is 10.5 Å². The third kappa shape index (κ3) is 14.6. The van der Waals surface area contributed by atoms with E-state index >= 15 is 0 Å². The lowest BCUT2D eigenvalue weighted by atomic mass is 9.86. The molecule has 0 aromatic heterocycles. The number of ether oxygens (including phenoxy) is 3. The molecule has 0 aliphatic carbocycles. The first kappa shape index (κ1) is 40.6. The van der Waals surface area contributed by atoms with Crippen LogP contribution in [0.5, 0.6) is 0 Å². The SMILES string of the molecule is COC1=CC[C@@H]([C@@H](C)/C=C(C)/C=C\C=C/C(=O)N[C@H](C(=O)N/C=C\C[C@H](C/C=C(\C)Cl)OC(=O)N(C)c2ccccc2)C(C)(C)C)OC1=O. The molecule has 1 aromatic rings. The van der Waals surface area contributed by atoms with E-state index in [-0.39, 0.29) is 17.8 Å². The minimum Gasteiger partial charge on any atom is -0.490 e. The van der Waals surface area contributed by atoms with Crippen molar-refractivity contribution >= 4 is 41.2 Å². The lowest BCUT2D eigenvalue weighted by Gasteiger charge is -2.29. The number of cyclic esters (lactones) is 1. The monoisotopic (exact) mass is 695 g/mol. The quantitative estimate of drug-likeness (QED) is 0.113. The van der Waals surface area contributed by atoms with Gasteiger partial charge in [0.2, 0.25) is 11.8 Å². The largest absolute Gasteiger partial charge is 0.490 e. The lowest BCUT2D eigenvalue weighted by Crippen LogP contribution is -2.52. The number of benzene rings is 1. The molecule has 3 amide bonds. The Kier molecular flexibility index (Phi) is 16.6. The molecule has 0 spiro atoms. The molecular formula is C38H50ClN3O7. The number of carbonyl (C=O) groups excluding carboxylic acids is 4. The first-order valence-corrected chi connectivity index (χ1v) is 16.6. The Morgan fingerprint density at radius 1 is 1.10 bits per heavy atom. The highest BCUT2D eigenvalue weighted by Gasteiger charge is 2.32. The minimum absolute atomic E-state index is 0.0236. The van der Waals surface area contributed by atoms with Gasteiger partial charge in [0, 0.05) is 49.0 Å². The summed E-state index contributed by atoms with van der Waals surface area (Å²) in [7, 11) is 3.07. The first-order valence-electron chi connectivity index (χ1n) is 16.2. The predicted molar refractivity (Wildman–Crippen MR) is 193 cm³/mol. The smallest absolute Gasteiger partial charge is 0.414 e. The average Bonchev–Trinajstić information content (AvgIpc) is 3.05. The number of carbonyl (C=O) groups is 4. The maximum Gasteiger partial charge on any atom is 0.414 e. The van der Waals surface area contributed by atoms with E-state index in [0.29, 0.717) is 30.0 Å². The Hall–Kier alpha value is -4.57. The maximum atomic E-state index is 13.1. The molecule has 0 bridgehead atoms. The van der Waals surface area contributed by atoms with Gasteiger partial charge >= 0.3 is 12.1 Å². The van der Waals surface area contributed by atoms with E-state index in [4.69, 9.17) is 25.8 Å². The van der Waals surface area contributed by atoms with Crippen LogP contribution in [0.1, 0.15) is 60.8 Å². The average molecular weight is 696 g/mol. The van der Waals surface area contributed by atoms with Gasteiger partial charge in [0.25, 0.3) is 0 Å². The van der Waals surface area contributed by atoms with Gasteiger partial charge in [-0.3, -0.25) is 14.5 Å². The summed E-state index contributed by atoms with van der Waals surface area (Å²) in [6.45, 7) is 11.2. The van der Waals surface area contributed by atoms with E-state index in [0.717, 1.165) is 5.57 Å². The van der Waals surface area contributed by atoms with Crippen LogP contribution in [0.2, 0.25) is 0 Å². The van der Waals surface area contributed by atoms with E-state index in [2.05, 4.69) is 10.6 Å². The molecule has 10 nitrogen and oxygen atoms in total. The summed E-state index contributed by atoms with van der Waals surface area (Å²) >= 11 is 6.02. The fourth-order valence-electron chi connectivity index (χ4n) is 4.74. The molecule has 1 aliphatic heterocycles. The second-order valence-corrected chi connectivity index (χ2v) is 13.4. The molecule has 11 heteroatoms. The molecule has 2 rings (SSSR count). The predicted octanol–water partition coefficient (Wildman–Crippen LogP) is 7.25. The summed E-state index contributed by atoms with van der Waals surface area (Å²) in [5.41, 5.74) is 1.04. The number of anilines is 1. The lowest BCUT2D eigenvalue weighted by molar-refractivity contribution is -0.151. The number of rotatable bonds is 15. The maximum absolute atomic E-state index is 13.1. The minimum atomic E-state index is -0.832. The van der Waals surface area contributed by atoms with Gasteiger partial charge in [-0.15, -0.1) is 0 Å². The molecule has 0 saturated heterocycles. The van der Waals surface area contributed by atoms with Gasteiger partial charge in [0.1, 0.15) is 18.2 Å². The zero-order valence-electron chi connectivity index (χ0n) is 29.7. The fraction of sp³-hybridized carbons (Fsp3) is 0.421. The zero-order chi connectivity index (χ0) is 36.6. The summed E-state index contributed by atoms with van der Waals surface area (Å²) in [5, 5.41) is 6.10. The van der Waals surface area contributed by atoms with Crippen molar-refractivity contribution < 1.29 is 33.4 Å². The second kappa shape index (κ2) is 20.1. The molecule has 266 valence electrons. The number of allylic oxidation sites excluding steroid dienone is 5. The van der Waals surface area contributed by atoms with Gasteiger partial charge in [0.15, 0.2) is 5.76 Å². The molecule has 0 saturated carbocycles. The Balaban J connectivity index is 1.95. The molecule has 49 heavy (non-hydrogen) atoms. The van der Waals surface area contributed by atoms with Gasteiger partial charge in [-0.1, -0.05) is 99.5 Å². The van der Waals surface area contributed by atoms with Gasteiger partial charge in [0.05, 0.1) is 7.11 Å². The normalized spacial score (nSPS) is 17.7. The van der Waals surface area contributed by atoms with Crippen LogP contribution in [-0.4, -0.2) is 56.3 Å². The number of amides is 3. The van der Waals surface area contributed by atoms with Crippen molar-refractivity contribution in [2.24, 2.45) is 11.3 Å². The Morgan fingerprint density at radius 2 is 1.78 bits per heavy atom. The van der Waals surface area contributed by atoms with E-state index in [9.17, 15) is 19.2 Å². The third-order valence-electron chi connectivity index (χ3n) is 7.55. The van der Waals surface area contributed by atoms with Crippen molar-refractivity contribution in [2.45, 2.75) is 79.1 Å².